The van der Waals surface area contributed by atoms with Crippen molar-refractivity contribution in [3.63, 3.8) is 0 Å². The number of benzene rings is 1. The van der Waals surface area contributed by atoms with Crippen molar-refractivity contribution in [2.75, 3.05) is 7.05 Å². The molecule has 25 heavy (non-hydrogen) atoms. The summed E-state index contributed by atoms with van der Waals surface area (Å²) in [6.45, 7) is 4.10. The summed E-state index contributed by atoms with van der Waals surface area (Å²) in [6.07, 6.45) is 0.191. The third-order valence-corrected chi connectivity index (χ3v) is 4.29. The minimum absolute atomic E-state index is 0.0646. The molecule has 3 aromatic rings. The van der Waals surface area contributed by atoms with Crippen molar-refractivity contribution >= 4 is 11.6 Å². The molecule has 0 fully saturated rings. The number of aromatic amines is 1. The Hall–Kier alpha value is -3.09. The van der Waals surface area contributed by atoms with E-state index in [1.54, 1.807) is 34.7 Å². The predicted molar refractivity (Wildman–Crippen MR) is 93.6 cm³/mol. The molecule has 0 radical (unpaired) electrons. The van der Waals surface area contributed by atoms with Crippen LogP contribution >= 0.6 is 0 Å². The molecule has 3 rings (SSSR count). The van der Waals surface area contributed by atoms with E-state index >= 15 is 0 Å². The number of rotatable bonds is 4. The monoisotopic (exact) mass is 340 g/mol. The Morgan fingerprint density at radius 3 is 2.80 bits per heavy atom. The van der Waals surface area contributed by atoms with Gasteiger partial charge < -0.3 is 10.0 Å². The van der Waals surface area contributed by atoms with Gasteiger partial charge in [-0.15, -0.1) is 0 Å². The molecule has 0 aliphatic carbocycles. The summed E-state index contributed by atoms with van der Waals surface area (Å²) in [5.41, 5.74) is 3.50. The van der Waals surface area contributed by atoms with Gasteiger partial charge in [0.2, 0.25) is 5.91 Å². The molecular weight excluding hydrogens is 320 g/mol. The number of carbonyl (C=O) groups is 1. The van der Waals surface area contributed by atoms with Gasteiger partial charge in [0.05, 0.1) is 6.42 Å². The lowest BCUT2D eigenvalue weighted by Crippen LogP contribution is -2.28. The fourth-order valence-corrected chi connectivity index (χ4v) is 2.91. The molecule has 2 aromatic heterocycles. The van der Waals surface area contributed by atoms with Gasteiger partial charge in [0, 0.05) is 36.6 Å². The van der Waals surface area contributed by atoms with E-state index in [0.29, 0.717) is 12.2 Å². The summed E-state index contributed by atoms with van der Waals surface area (Å²) in [5.74, 6) is 0.112. The number of amides is 1. The molecule has 0 aliphatic heterocycles. The molecule has 0 unspecified atom stereocenters. The van der Waals surface area contributed by atoms with Crippen molar-refractivity contribution in [3.8, 4) is 5.75 Å². The molecule has 2 heterocycles. The summed E-state index contributed by atoms with van der Waals surface area (Å²) in [4.78, 5) is 30.1. The number of nitrogens with one attached hydrogen (secondary N) is 1. The van der Waals surface area contributed by atoms with E-state index in [1.807, 2.05) is 19.9 Å². The van der Waals surface area contributed by atoms with Crippen LogP contribution in [0.2, 0.25) is 0 Å². The van der Waals surface area contributed by atoms with Crippen LogP contribution in [0, 0.1) is 13.8 Å². The Morgan fingerprint density at radius 2 is 2.08 bits per heavy atom. The lowest BCUT2D eigenvalue weighted by Gasteiger charge is -2.19. The van der Waals surface area contributed by atoms with Crippen LogP contribution in [0.5, 0.6) is 5.75 Å². The van der Waals surface area contributed by atoms with E-state index < -0.39 is 0 Å². The minimum Gasteiger partial charge on any atom is -0.508 e. The predicted octanol–water partition coefficient (Wildman–Crippen LogP) is 1.55. The van der Waals surface area contributed by atoms with E-state index in [2.05, 4.69) is 10.1 Å². The zero-order valence-electron chi connectivity index (χ0n) is 14.4. The SMILES string of the molecule is Cc1nc2cc(=O)[nH]n2c(C)c1CC(=O)N(C)Cc1cccc(O)c1. The third kappa shape index (κ3) is 3.40. The zero-order valence-corrected chi connectivity index (χ0v) is 14.4. The Morgan fingerprint density at radius 1 is 1.32 bits per heavy atom. The Balaban J connectivity index is 1.82. The van der Waals surface area contributed by atoms with E-state index in [-0.39, 0.29) is 23.6 Å². The first-order valence-electron chi connectivity index (χ1n) is 7.95. The highest BCUT2D eigenvalue weighted by molar-refractivity contribution is 5.79. The highest BCUT2D eigenvalue weighted by Gasteiger charge is 2.17. The largest absolute Gasteiger partial charge is 0.508 e. The quantitative estimate of drug-likeness (QED) is 0.754. The van der Waals surface area contributed by atoms with Crippen LogP contribution in [-0.4, -0.2) is 37.6 Å². The van der Waals surface area contributed by atoms with Crippen LogP contribution in [-0.2, 0) is 17.8 Å². The number of aryl methyl sites for hydroxylation is 2. The van der Waals surface area contributed by atoms with Gasteiger partial charge in [0.1, 0.15) is 5.75 Å². The van der Waals surface area contributed by atoms with E-state index in [9.17, 15) is 14.7 Å². The molecule has 7 heteroatoms. The van der Waals surface area contributed by atoms with E-state index in [1.165, 1.54) is 6.07 Å². The number of fused-ring (bicyclic) bond motifs is 1. The molecule has 0 saturated carbocycles. The summed E-state index contributed by atoms with van der Waals surface area (Å²) < 4.78 is 1.60. The molecule has 2 N–H and O–H groups in total. The number of H-pyrrole nitrogens is 1. The number of aromatic hydroxyl groups is 1. The van der Waals surface area contributed by atoms with Gasteiger partial charge in [-0.1, -0.05) is 12.1 Å². The maximum absolute atomic E-state index is 12.6. The summed E-state index contributed by atoms with van der Waals surface area (Å²) >= 11 is 0. The normalized spacial score (nSPS) is 11.0. The van der Waals surface area contributed by atoms with Gasteiger partial charge in [-0.05, 0) is 31.5 Å². The molecule has 0 bridgehead atoms. The van der Waals surface area contributed by atoms with Crippen LogP contribution in [0.15, 0.2) is 35.1 Å². The molecule has 7 nitrogen and oxygen atoms in total. The molecule has 130 valence electrons. The second-order valence-corrected chi connectivity index (χ2v) is 6.17. The number of phenols is 1. The van der Waals surface area contributed by atoms with Gasteiger partial charge in [-0.25, -0.2) is 9.50 Å². The van der Waals surface area contributed by atoms with Gasteiger partial charge in [-0.2, -0.15) is 0 Å². The van der Waals surface area contributed by atoms with Crippen molar-refractivity contribution < 1.29 is 9.90 Å². The number of likely N-dealkylation sites (N-methyl/N-ethyl adjacent to an activating group) is 1. The Kier molecular flexibility index (Phi) is 4.31. The first kappa shape index (κ1) is 16.8. The second kappa shape index (κ2) is 6.43. The number of hydrogen-bond acceptors (Lipinski definition) is 4. The van der Waals surface area contributed by atoms with Crippen LogP contribution in [0.1, 0.15) is 22.5 Å². The highest BCUT2D eigenvalue weighted by atomic mass is 16.3. The molecule has 0 spiro atoms. The Labute approximate surface area is 144 Å². The molecular formula is C18H20N4O3. The van der Waals surface area contributed by atoms with Gasteiger partial charge >= 0.3 is 0 Å². The first-order chi connectivity index (χ1) is 11.8. The van der Waals surface area contributed by atoms with Gasteiger partial charge in [0.25, 0.3) is 5.56 Å². The number of phenolic OH excluding ortho intramolecular Hbond substituents is 1. The molecule has 1 amide bonds. The van der Waals surface area contributed by atoms with Crippen molar-refractivity contribution in [2.45, 2.75) is 26.8 Å². The second-order valence-electron chi connectivity index (χ2n) is 6.17. The smallest absolute Gasteiger partial charge is 0.266 e. The molecule has 0 aliphatic rings. The van der Waals surface area contributed by atoms with Crippen LogP contribution in [0.4, 0.5) is 0 Å². The topological polar surface area (TPSA) is 90.7 Å². The van der Waals surface area contributed by atoms with Crippen molar-refractivity contribution in [1.82, 2.24) is 19.5 Å². The van der Waals surface area contributed by atoms with Crippen LogP contribution in [0.25, 0.3) is 5.65 Å². The zero-order chi connectivity index (χ0) is 18.1. The minimum atomic E-state index is -0.223. The standard InChI is InChI=1S/C18H20N4O3/c1-11-15(12(2)22-16(19-11)9-17(24)20-22)8-18(25)21(3)10-13-5-4-6-14(23)7-13/h4-7,9,23H,8,10H2,1-3H3,(H,20,24). The fraction of sp³-hybridized carbons (Fsp3) is 0.278. The fourth-order valence-electron chi connectivity index (χ4n) is 2.91. The maximum Gasteiger partial charge on any atom is 0.266 e. The van der Waals surface area contributed by atoms with Crippen molar-refractivity contribution in [3.05, 3.63) is 63.2 Å². The number of carbonyl (C=O) groups excluding carboxylic acids is 1. The van der Waals surface area contributed by atoms with E-state index in [4.69, 9.17) is 0 Å². The Bertz CT molecular complexity index is 1000. The lowest BCUT2D eigenvalue weighted by atomic mass is 10.1. The summed E-state index contributed by atoms with van der Waals surface area (Å²) in [7, 11) is 1.72. The summed E-state index contributed by atoms with van der Waals surface area (Å²) in [5, 5.41) is 12.2. The van der Waals surface area contributed by atoms with Crippen molar-refractivity contribution in [1.29, 1.82) is 0 Å². The molecule has 0 atom stereocenters. The van der Waals surface area contributed by atoms with Gasteiger partial charge in [0.15, 0.2) is 5.65 Å². The first-order valence-corrected chi connectivity index (χ1v) is 7.95. The lowest BCUT2D eigenvalue weighted by molar-refractivity contribution is -0.129. The molecule has 1 aromatic carbocycles. The maximum atomic E-state index is 12.6. The average molecular weight is 340 g/mol. The molecule has 0 saturated heterocycles. The van der Waals surface area contributed by atoms with Gasteiger partial charge in [-0.3, -0.25) is 14.7 Å². The average Bonchev–Trinajstić information content (AvgIpc) is 2.91. The highest BCUT2D eigenvalue weighted by Crippen LogP contribution is 2.16. The number of aromatic nitrogens is 3. The van der Waals surface area contributed by atoms with Crippen LogP contribution < -0.4 is 5.56 Å². The number of hydrogen-bond donors (Lipinski definition) is 2. The third-order valence-electron chi connectivity index (χ3n) is 4.29. The summed E-state index contributed by atoms with van der Waals surface area (Å²) in [6, 6.07) is 8.27. The number of nitrogens with zero attached hydrogens (tertiary/aromatic N) is 3. The van der Waals surface area contributed by atoms with Crippen LogP contribution in [0.3, 0.4) is 0 Å². The van der Waals surface area contributed by atoms with Crippen molar-refractivity contribution in [2.24, 2.45) is 0 Å². The van der Waals surface area contributed by atoms with E-state index in [0.717, 1.165) is 22.5 Å².